The van der Waals surface area contributed by atoms with Gasteiger partial charge in [-0.2, -0.15) is 0 Å². The standard InChI is InChI=1S/C8H11Cl4NO4S3/c1-3-4-19(14,15)5-6-20(16,17)13(2)18-8(11,12)7(9)10/h1,7H,4-6H2,2H3. The van der Waals surface area contributed by atoms with Crippen molar-refractivity contribution in [2.45, 2.75) is 8.50 Å². The molecule has 0 aromatic heterocycles. The quantitative estimate of drug-likeness (QED) is 0.339. The summed E-state index contributed by atoms with van der Waals surface area (Å²) in [6, 6.07) is 0. The van der Waals surface area contributed by atoms with E-state index in [-0.39, 0.29) is 0 Å². The van der Waals surface area contributed by atoms with Crippen molar-refractivity contribution in [3.05, 3.63) is 0 Å². The molecule has 0 fully saturated rings. The minimum Gasteiger partial charge on any atom is -0.228 e. The topological polar surface area (TPSA) is 71.5 Å². The summed E-state index contributed by atoms with van der Waals surface area (Å²) in [5.41, 5.74) is 0. The largest absolute Gasteiger partial charge is 0.228 e. The first kappa shape index (κ1) is 20.9. The van der Waals surface area contributed by atoms with Crippen LogP contribution < -0.4 is 0 Å². The molecular formula is C8H11Cl4NO4S3. The number of rotatable bonds is 8. The molecular weight excluding hydrogens is 412 g/mol. The number of halogens is 4. The smallest absolute Gasteiger partial charge is 0.224 e. The van der Waals surface area contributed by atoms with Crippen LogP contribution in [-0.4, -0.2) is 53.4 Å². The van der Waals surface area contributed by atoms with Crippen molar-refractivity contribution in [3.8, 4) is 12.3 Å². The Morgan fingerprint density at radius 2 is 1.75 bits per heavy atom. The van der Waals surface area contributed by atoms with E-state index in [0.29, 0.717) is 11.9 Å². The van der Waals surface area contributed by atoms with Crippen LogP contribution in [0.5, 0.6) is 0 Å². The molecule has 0 aromatic rings. The van der Waals surface area contributed by atoms with Crippen molar-refractivity contribution in [1.29, 1.82) is 0 Å². The van der Waals surface area contributed by atoms with Gasteiger partial charge < -0.3 is 0 Å². The first-order valence-electron chi connectivity index (χ1n) is 4.79. The van der Waals surface area contributed by atoms with Crippen molar-refractivity contribution in [2.75, 3.05) is 24.3 Å². The van der Waals surface area contributed by atoms with Crippen molar-refractivity contribution >= 4 is 78.2 Å². The number of terminal acetylenes is 1. The first-order chi connectivity index (χ1) is 8.84. The normalized spacial score (nSPS) is 13.7. The maximum Gasteiger partial charge on any atom is 0.224 e. The Bertz CT molecular complexity index is 567. The maximum atomic E-state index is 11.9. The summed E-state index contributed by atoms with van der Waals surface area (Å²) in [6.07, 6.45) is 4.87. The number of sulfonamides is 1. The molecule has 5 nitrogen and oxygen atoms in total. The fourth-order valence-electron chi connectivity index (χ4n) is 0.828. The van der Waals surface area contributed by atoms with Crippen LogP contribution in [0.4, 0.5) is 0 Å². The van der Waals surface area contributed by atoms with E-state index in [2.05, 4.69) is 0 Å². The van der Waals surface area contributed by atoms with Crippen LogP contribution in [0.2, 0.25) is 0 Å². The maximum absolute atomic E-state index is 11.9. The Morgan fingerprint density at radius 1 is 1.25 bits per heavy atom. The Labute approximate surface area is 143 Å². The van der Waals surface area contributed by atoms with Gasteiger partial charge in [0.2, 0.25) is 13.7 Å². The minimum atomic E-state index is -3.92. The molecule has 0 amide bonds. The van der Waals surface area contributed by atoms with Crippen molar-refractivity contribution in [2.24, 2.45) is 0 Å². The first-order valence-corrected chi connectivity index (χ1v) is 10.6. The molecule has 0 aromatic carbocycles. The molecule has 0 aliphatic carbocycles. The van der Waals surface area contributed by atoms with Crippen LogP contribution in [0.15, 0.2) is 0 Å². The lowest BCUT2D eigenvalue weighted by Crippen LogP contribution is -2.32. The Balaban J connectivity index is 4.80. The highest BCUT2D eigenvalue weighted by atomic mass is 35.5. The van der Waals surface area contributed by atoms with Crippen LogP contribution in [0.1, 0.15) is 0 Å². The summed E-state index contributed by atoms with van der Waals surface area (Å²) in [5.74, 6) is 0.163. The van der Waals surface area contributed by atoms with Gasteiger partial charge in [0.1, 0.15) is 5.75 Å². The van der Waals surface area contributed by atoms with Crippen molar-refractivity contribution < 1.29 is 16.8 Å². The third-order valence-corrected chi connectivity index (χ3v) is 8.90. The highest BCUT2D eigenvalue weighted by Gasteiger charge is 2.38. The Hall–Kier alpha value is 0.930. The van der Waals surface area contributed by atoms with E-state index in [4.69, 9.17) is 52.8 Å². The second kappa shape index (κ2) is 7.97. The van der Waals surface area contributed by atoms with Crippen LogP contribution in [0.3, 0.4) is 0 Å². The zero-order valence-corrected chi connectivity index (χ0v) is 15.6. The average Bonchev–Trinajstić information content (AvgIpc) is 2.26. The molecule has 20 heavy (non-hydrogen) atoms. The van der Waals surface area contributed by atoms with Gasteiger partial charge in [0.15, 0.2) is 14.7 Å². The van der Waals surface area contributed by atoms with Crippen molar-refractivity contribution in [1.82, 2.24) is 3.71 Å². The third-order valence-electron chi connectivity index (χ3n) is 1.85. The van der Waals surface area contributed by atoms with Gasteiger partial charge in [-0.1, -0.05) is 29.1 Å². The van der Waals surface area contributed by atoms with Crippen LogP contribution in [0.25, 0.3) is 0 Å². The Kier molecular flexibility index (Phi) is 8.34. The van der Waals surface area contributed by atoms with E-state index in [9.17, 15) is 16.8 Å². The number of alkyl halides is 4. The lowest BCUT2D eigenvalue weighted by Gasteiger charge is -2.25. The average molecular weight is 423 g/mol. The summed E-state index contributed by atoms with van der Waals surface area (Å²) in [6.45, 7) is 0. The molecule has 0 spiro atoms. The fraction of sp³-hybridized carbons (Fsp3) is 0.750. The number of hydrogen-bond donors (Lipinski definition) is 0. The third kappa shape index (κ3) is 7.27. The minimum absolute atomic E-state index is 0.458. The van der Waals surface area contributed by atoms with Gasteiger partial charge in [0.05, 0.1) is 11.5 Å². The molecule has 118 valence electrons. The van der Waals surface area contributed by atoms with E-state index in [1.54, 1.807) is 0 Å². The zero-order valence-electron chi connectivity index (χ0n) is 10.1. The number of sulfone groups is 1. The van der Waals surface area contributed by atoms with Crippen molar-refractivity contribution in [3.63, 3.8) is 0 Å². The molecule has 0 radical (unpaired) electrons. The summed E-state index contributed by atoms with van der Waals surface area (Å²) in [7, 11) is -6.39. The number of nitrogens with zero attached hydrogens (tertiary/aromatic N) is 1. The molecule has 0 rings (SSSR count). The van der Waals surface area contributed by atoms with Crippen LogP contribution in [0, 0.1) is 12.3 Å². The molecule has 0 aliphatic heterocycles. The highest BCUT2D eigenvalue weighted by molar-refractivity contribution is 8.11. The van der Waals surface area contributed by atoms with E-state index in [1.807, 2.05) is 5.92 Å². The molecule has 0 saturated carbocycles. The number of hydrogen-bond acceptors (Lipinski definition) is 5. The highest BCUT2D eigenvalue weighted by Crippen LogP contribution is 2.44. The van der Waals surface area contributed by atoms with Gasteiger partial charge in [0.25, 0.3) is 0 Å². The molecule has 0 atom stereocenters. The summed E-state index contributed by atoms with van der Waals surface area (Å²) < 4.78 is 45.4. The van der Waals surface area contributed by atoms with Crippen LogP contribution >= 0.6 is 58.4 Å². The van der Waals surface area contributed by atoms with E-state index in [1.165, 1.54) is 0 Å². The second-order valence-corrected chi connectivity index (χ2v) is 12.3. The Morgan fingerprint density at radius 3 is 2.15 bits per heavy atom. The van der Waals surface area contributed by atoms with Gasteiger partial charge in [0, 0.05) is 7.05 Å². The monoisotopic (exact) mass is 421 g/mol. The molecule has 12 heteroatoms. The van der Waals surface area contributed by atoms with E-state index >= 15 is 0 Å². The van der Waals surface area contributed by atoms with E-state index in [0.717, 1.165) is 10.8 Å². The van der Waals surface area contributed by atoms with Gasteiger partial charge in [-0.05, 0) is 11.9 Å². The lowest BCUT2D eigenvalue weighted by atomic mass is 10.8. The SMILES string of the molecule is C#CCS(=O)(=O)CCS(=O)(=O)N(C)SC(Cl)(Cl)C(Cl)Cl. The predicted molar refractivity (Wildman–Crippen MR) is 86.6 cm³/mol. The molecule has 0 N–H and O–H groups in total. The second-order valence-electron chi connectivity index (χ2n) is 3.48. The molecule has 0 saturated heterocycles. The summed E-state index contributed by atoms with van der Waals surface area (Å²) >= 11 is 22.9. The molecule has 0 bridgehead atoms. The van der Waals surface area contributed by atoms with Gasteiger partial charge >= 0.3 is 0 Å². The van der Waals surface area contributed by atoms with Gasteiger partial charge in [-0.15, -0.1) is 33.3 Å². The lowest BCUT2D eigenvalue weighted by molar-refractivity contribution is 0.563. The van der Waals surface area contributed by atoms with Gasteiger partial charge in [-0.3, -0.25) is 0 Å². The molecule has 0 aliphatic rings. The summed E-state index contributed by atoms with van der Waals surface area (Å²) in [4.78, 5) is -1.25. The van der Waals surface area contributed by atoms with Gasteiger partial charge in [-0.25, -0.2) is 16.8 Å². The predicted octanol–water partition coefficient (Wildman–Crippen LogP) is 1.88. The van der Waals surface area contributed by atoms with E-state index < -0.39 is 45.6 Å². The molecule has 0 heterocycles. The summed E-state index contributed by atoms with van der Waals surface area (Å²) in [5, 5.41) is 0. The molecule has 0 unspecified atom stereocenters. The fourth-order valence-corrected chi connectivity index (χ4v) is 5.90. The zero-order chi connectivity index (χ0) is 16.2. The van der Waals surface area contributed by atoms with Crippen LogP contribution in [-0.2, 0) is 19.9 Å².